The Labute approximate surface area is 169 Å². The molecule has 9 heteroatoms. The van der Waals surface area contributed by atoms with Crippen LogP contribution >= 0.6 is 58.0 Å². The summed E-state index contributed by atoms with van der Waals surface area (Å²) < 4.78 is -2.01. The number of carbonyl (C=O) groups is 2. The summed E-state index contributed by atoms with van der Waals surface area (Å²) in [6, 6.07) is 12.7. The van der Waals surface area contributed by atoms with Crippen molar-refractivity contribution in [3.05, 3.63) is 69.7 Å². The van der Waals surface area contributed by atoms with Crippen molar-refractivity contribution in [3.8, 4) is 0 Å². The Morgan fingerprint density at radius 1 is 0.760 bits per heavy atom. The van der Waals surface area contributed by atoms with E-state index >= 15 is 0 Å². The maximum atomic E-state index is 12.4. The Bertz CT molecular complexity index is 733. The minimum Gasteiger partial charge on any atom is -0.328 e. The van der Waals surface area contributed by atoms with E-state index in [9.17, 15) is 9.59 Å². The van der Waals surface area contributed by atoms with Crippen LogP contribution in [0.25, 0.3) is 0 Å². The third-order valence-electron chi connectivity index (χ3n) is 3.12. The van der Waals surface area contributed by atoms with E-state index in [4.69, 9.17) is 58.0 Å². The average Bonchev–Trinajstić information content (AvgIpc) is 2.54. The van der Waals surface area contributed by atoms with Crippen LogP contribution in [0.3, 0.4) is 0 Å². The van der Waals surface area contributed by atoms with E-state index in [1.807, 2.05) is 0 Å². The highest BCUT2D eigenvalue weighted by molar-refractivity contribution is 6.68. The number of hydrogen-bond acceptors (Lipinski definition) is 2. The third kappa shape index (κ3) is 5.40. The summed E-state index contributed by atoms with van der Waals surface area (Å²) in [6.07, 6.45) is -1.31. The smallest absolute Gasteiger partial charge is 0.254 e. The van der Waals surface area contributed by atoms with Crippen LogP contribution in [0.5, 0.6) is 0 Å². The number of rotatable bonds is 4. The maximum absolute atomic E-state index is 12.4. The molecule has 0 aliphatic heterocycles. The van der Waals surface area contributed by atoms with E-state index in [0.717, 1.165) is 0 Å². The zero-order chi connectivity index (χ0) is 18.6. The molecular weight excluding hydrogens is 429 g/mol. The first-order chi connectivity index (χ1) is 11.7. The summed E-state index contributed by atoms with van der Waals surface area (Å²) in [5.74, 6) is -1.22. The molecule has 0 aromatic heterocycles. The predicted molar refractivity (Wildman–Crippen MR) is 102 cm³/mol. The lowest BCUT2D eigenvalue weighted by Crippen LogP contribution is -2.55. The summed E-state index contributed by atoms with van der Waals surface area (Å²) in [7, 11) is 0. The fourth-order valence-electron chi connectivity index (χ4n) is 1.91. The first-order valence-electron chi connectivity index (χ1n) is 6.87. The van der Waals surface area contributed by atoms with Crippen molar-refractivity contribution in [2.75, 3.05) is 0 Å². The molecule has 0 radical (unpaired) electrons. The molecule has 2 rings (SSSR count). The number of nitrogens with one attached hydrogen (secondary N) is 2. The fourth-order valence-corrected chi connectivity index (χ4v) is 2.68. The topological polar surface area (TPSA) is 58.2 Å². The monoisotopic (exact) mass is 438 g/mol. The van der Waals surface area contributed by atoms with E-state index in [1.165, 1.54) is 12.1 Å². The SMILES string of the molecule is O=C(NC(NC(=O)c1ccccc1Cl)C(Cl)(Cl)Cl)c1ccccc1Cl. The molecular formula is C16H11Cl5N2O2. The normalized spacial score (nSPS) is 11.3. The van der Waals surface area contributed by atoms with Gasteiger partial charge in [0.05, 0.1) is 21.2 Å². The van der Waals surface area contributed by atoms with Gasteiger partial charge in [0, 0.05) is 0 Å². The standard InChI is InChI=1S/C16H11Cl5N2O2/c17-11-7-3-1-5-9(11)13(24)22-15(16(19,20)21)23-14(25)10-6-2-4-8-12(10)18/h1-8,15H,(H,22,24)(H,23,25). The van der Waals surface area contributed by atoms with Crippen molar-refractivity contribution in [1.82, 2.24) is 10.6 Å². The molecule has 132 valence electrons. The van der Waals surface area contributed by atoms with Gasteiger partial charge in [-0.25, -0.2) is 0 Å². The van der Waals surface area contributed by atoms with Crippen molar-refractivity contribution >= 4 is 69.8 Å². The first-order valence-corrected chi connectivity index (χ1v) is 8.76. The van der Waals surface area contributed by atoms with Gasteiger partial charge in [-0.1, -0.05) is 82.3 Å². The lowest BCUT2D eigenvalue weighted by Gasteiger charge is -2.26. The van der Waals surface area contributed by atoms with Crippen LogP contribution in [0.15, 0.2) is 48.5 Å². The summed E-state index contributed by atoms with van der Waals surface area (Å²) in [6.45, 7) is 0. The molecule has 0 saturated heterocycles. The van der Waals surface area contributed by atoms with Crippen LogP contribution in [0.2, 0.25) is 10.0 Å². The van der Waals surface area contributed by atoms with Crippen LogP contribution in [0.1, 0.15) is 20.7 Å². The second-order valence-electron chi connectivity index (χ2n) is 4.88. The van der Waals surface area contributed by atoms with Gasteiger partial charge in [-0.05, 0) is 24.3 Å². The Kier molecular flexibility index (Phi) is 6.83. The molecule has 2 N–H and O–H groups in total. The van der Waals surface area contributed by atoms with Crippen LogP contribution in [0, 0.1) is 0 Å². The van der Waals surface area contributed by atoms with Crippen molar-refractivity contribution in [1.29, 1.82) is 0 Å². The molecule has 0 bridgehead atoms. The molecule has 0 heterocycles. The molecule has 2 aromatic rings. The third-order valence-corrected chi connectivity index (χ3v) is 4.43. The van der Waals surface area contributed by atoms with Gasteiger partial charge < -0.3 is 10.6 Å². The Hall–Kier alpha value is -1.17. The molecule has 2 aromatic carbocycles. The van der Waals surface area contributed by atoms with Gasteiger partial charge in [0.1, 0.15) is 6.17 Å². The van der Waals surface area contributed by atoms with E-state index in [1.54, 1.807) is 36.4 Å². The number of hydrogen-bond donors (Lipinski definition) is 2. The summed E-state index contributed by atoms with van der Waals surface area (Å²) in [5, 5.41) is 5.33. The van der Waals surface area contributed by atoms with Crippen molar-refractivity contribution in [2.24, 2.45) is 0 Å². The Balaban J connectivity index is 2.20. The number of benzene rings is 2. The number of carbonyl (C=O) groups excluding carboxylic acids is 2. The largest absolute Gasteiger partial charge is 0.328 e. The van der Waals surface area contributed by atoms with E-state index in [0.29, 0.717) is 0 Å². The van der Waals surface area contributed by atoms with Gasteiger partial charge in [0.15, 0.2) is 0 Å². The summed E-state index contributed by atoms with van der Waals surface area (Å²) in [4.78, 5) is 24.7. The highest BCUT2D eigenvalue weighted by Gasteiger charge is 2.36. The molecule has 0 saturated carbocycles. The Morgan fingerprint density at radius 2 is 1.12 bits per heavy atom. The number of halogens is 5. The molecule has 0 unspecified atom stereocenters. The van der Waals surface area contributed by atoms with Gasteiger partial charge in [-0.15, -0.1) is 0 Å². The number of alkyl halides is 3. The fraction of sp³-hybridized carbons (Fsp3) is 0.125. The molecule has 25 heavy (non-hydrogen) atoms. The van der Waals surface area contributed by atoms with Crippen LogP contribution in [-0.2, 0) is 0 Å². The molecule has 4 nitrogen and oxygen atoms in total. The van der Waals surface area contributed by atoms with Crippen molar-refractivity contribution in [3.63, 3.8) is 0 Å². The highest BCUT2D eigenvalue weighted by Crippen LogP contribution is 2.30. The van der Waals surface area contributed by atoms with Gasteiger partial charge >= 0.3 is 0 Å². The molecule has 0 fully saturated rings. The minimum absolute atomic E-state index is 0.176. The number of amides is 2. The lowest BCUT2D eigenvalue weighted by atomic mass is 10.2. The highest BCUT2D eigenvalue weighted by atomic mass is 35.6. The molecule has 0 spiro atoms. The van der Waals surface area contributed by atoms with E-state index in [2.05, 4.69) is 10.6 Å². The first kappa shape index (κ1) is 20.1. The molecule has 0 atom stereocenters. The molecule has 2 amide bonds. The molecule has 0 aliphatic carbocycles. The van der Waals surface area contributed by atoms with Crippen molar-refractivity contribution in [2.45, 2.75) is 9.96 Å². The maximum Gasteiger partial charge on any atom is 0.254 e. The minimum atomic E-state index is -2.01. The quantitative estimate of drug-likeness (QED) is 0.528. The second kappa shape index (κ2) is 8.47. The van der Waals surface area contributed by atoms with Crippen LogP contribution in [0.4, 0.5) is 0 Å². The zero-order valence-electron chi connectivity index (χ0n) is 12.4. The predicted octanol–water partition coefficient (Wildman–Crippen LogP) is 4.85. The van der Waals surface area contributed by atoms with Gasteiger partial charge in [-0.3, -0.25) is 9.59 Å². The van der Waals surface area contributed by atoms with E-state index in [-0.39, 0.29) is 21.2 Å². The average molecular weight is 441 g/mol. The lowest BCUT2D eigenvalue weighted by molar-refractivity contribution is 0.0885. The van der Waals surface area contributed by atoms with E-state index < -0.39 is 21.8 Å². The second-order valence-corrected chi connectivity index (χ2v) is 8.06. The van der Waals surface area contributed by atoms with Gasteiger partial charge in [0.2, 0.25) is 3.79 Å². The molecule has 0 aliphatic rings. The van der Waals surface area contributed by atoms with Crippen molar-refractivity contribution < 1.29 is 9.59 Å². The summed E-state index contributed by atoms with van der Waals surface area (Å²) >= 11 is 29.6. The van der Waals surface area contributed by atoms with Crippen LogP contribution < -0.4 is 10.6 Å². The van der Waals surface area contributed by atoms with Gasteiger partial charge in [0.25, 0.3) is 11.8 Å². The summed E-state index contributed by atoms with van der Waals surface area (Å²) in [5.41, 5.74) is 0.353. The Morgan fingerprint density at radius 3 is 1.44 bits per heavy atom. The van der Waals surface area contributed by atoms with Gasteiger partial charge in [-0.2, -0.15) is 0 Å². The van der Waals surface area contributed by atoms with Crippen LogP contribution in [-0.4, -0.2) is 21.8 Å². The zero-order valence-corrected chi connectivity index (χ0v) is 16.2.